The normalized spacial score (nSPS) is 26.8. The van der Waals surface area contributed by atoms with Crippen molar-refractivity contribution in [2.24, 2.45) is 5.10 Å². The smallest absolute Gasteiger partial charge is 0.355 e. The van der Waals surface area contributed by atoms with Gasteiger partial charge >= 0.3 is 5.97 Å². The lowest BCUT2D eigenvalue weighted by Gasteiger charge is -2.27. The second-order valence-corrected chi connectivity index (χ2v) is 8.90. The maximum atomic E-state index is 12.2. The molecule has 0 unspecified atom stereocenters. The van der Waals surface area contributed by atoms with Crippen molar-refractivity contribution in [2.45, 2.75) is 57.2 Å². The van der Waals surface area contributed by atoms with Crippen LogP contribution in [0, 0.1) is 0 Å². The molecule has 1 saturated carbocycles. The molecule has 0 aromatic heterocycles. The Morgan fingerprint density at radius 3 is 2.60 bits per heavy atom. The molecule has 0 spiro atoms. The Morgan fingerprint density at radius 2 is 2.00 bits per heavy atom. The second-order valence-electron chi connectivity index (χ2n) is 6.67. The number of ether oxygens (including phenoxy) is 1. The molecule has 2 fully saturated rings. The first kappa shape index (κ1) is 17.8. The summed E-state index contributed by atoms with van der Waals surface area (Å²) >= 11 is 0. The lowest BCUT2D eigenvalue weighted by molar-refractivity contribution is -0.149. The van der Waals surface area contributed by atoms with Gasteiger partial charge in [0.1, 0.15) is 5.71 Å². The van der Waals surface area contributed by atoms with E-state index in [1.165, 1.54) is 6.92 Å². The molecule has 2 atom stereocenters. The molecule has 25 heavy (non-hydrogen) atoms. The van der Waals surface area contributed by atoms with E-state index in [0.29, 0.717) is 6.42 Å². The maximum absolute atomic E-state index is 12.2. The lowest BCUT2D eigenvalue weighted by atomic mass is 10.1. The number of hydrazone groups is 1. The van der Waals surface area contributed by atoms with Gasteiger partial charge in [-0.15, -0.1) is 0 Å². The Morgan fingerprint density at radius 1 is 1.28 bits per heavy atom. The van der Waals surface area contributed by atoms with Crippen LogP contribution in [0.1, 0.15) is 39.0 Å². The first-order valence-electron chi connectivity index (χ1n) is 8.36. The summed E-state index contributed by atoms with van der Waals surface area (Å²) in [5, 5.41) is 7.87. The van der Waals surface area contributed by atoms with Crippen molar-refractivity contribution < 1.29 is 27.5 Å². The molecular formula is C15H21N3O6S. The molecule has 0 aromatic carbocycles. The van der Waals surface area contributed by atoms with Gasteiger partial charge in [-0.1, -0.05) is 0 Å². The largest absolute Gasteiger partial charge is 0.448 e. The van der Waals surface area contributed by atoms with Gasteiger partial charge in [-0.2, -0.15) is 5.10 Å². The van der Waals surface area contributed by atoms with Gasteiger partial charge < -0.3 is 10.1 Å². The van der Waals surface area contributed by atoms with E-state index < -0.39 is 28.0 Å². The maximum Gasteiger partial charge on any atom is 0.355 e. The SMILES string of the molecule is C[C@@H](OC(=O)C1=NN([C@H]2CCS(=O)(=O)C2)C(=O)CC1)C(=O)NC1CC1. The third-order valence-electron chi connectivity index (χ3n) is 4.43. The van der Waals surface area contributed by atoms with Gasteiger partial charge in [0, 0.05) is 18.9 Å². The number of amides is 2. The lowest BCUT2D eigenvalue weighted by Crippen LogP contribution is -2.43. The topological polar surface area (TPSA) is 122 Å². The summed E-state index contributed by atoms with van der Waals surface area (Å²) in [4.78, 5) is 36.1. The summed E-state index contributed by atoms with van der Waals surface area (Å²) in [7, 11) is -3.17. The van der Waals surface area contributed by atoms with Crippen molar-refractivity contribution in [1.82, 2.24) is 10.3 Å². The molecule has 2 heterocycles. The molecule has 10 heteroatoms. The zero-order valence-electron chi connectivity index (χ0n) is 13.9. The monoisotopic (exact) mass is 371 g/mol. The van der Waals surface area contributed by atoms with E-state index in [9.17, 15) is 22.8 Å². The van der Waals surface area contributed by atoms with Crippen LogP contribution in [0.25, 0.3) is 0 Å². The molecule has 0 bridgehead atoms. The third kappa shape index (κ3) is 4.36. The Hall–Kier alpha value is -1.97. The minimum atomic E-state index is -3.17. The van der Waals surface area contributed by atoms with Gasteiger partial charge in [0.25, 0.3) is 5.91 Å². The molecule has 2 amide bonds. The Bertz CT molecular complexity index is 728. The molecule has 3 aliphatic rings. The Balaban J connectivity index is 1.63. The summed E-state index contributed by atoms with van der Waals surface area (Å²) < 4.78 is 28.3. The number of carbonyl (C=O) groups is 3. The van der Waals surface area contributed by atoms with E-state index in [1.54, 1.807) is 0 Å². The highest BCUT2D eigenvalue weighted by Gasteiger charge is 2.38. The summed E-state index contributed by atoms with van der Waals surface area (Å²) in [6.07, 6.45) is 1.40. The van der Waals surface area contributed by atoms with Crippen LogP contribution in [0.2, 0.25) is 0 Å². The van der Waals surface area contributed by atoms with Crippen LogP contribution in [0.5, 0.6) is 0 Å². The van der Waals surface area contributed by atoms with Crippen LogP contribution in [0.3, 0.4) is 0 Å². The zero-order valence-corrected chi connectivity index (χ0v) is 14.8. The molecule has 0 radical (unpaired) electrons. The Labute approximate surface area is 145 Å². The van der Waals surface area contributed by atoms with E-state index >= 15 is 0 Å². The standard InChI is InChI=1S/C15H21N3O6S/c1-9(14(20)16-10-2-3-10)24-15(21)12-4-5-13(19)18(17-12)11-6-7-25(22,23)8-11/h9-11H,2-8H2,1H3,(H,16,20)/t9-,11+/m1/s1. The number of sulfone groups is 1. The van der Waals surface area contributed by atoms with E-state index in [4.69, 9.17) is 4.74 Å². The number of rotatable bonds is 5. The second kappa shape index (κ2) is 6.74. The van der Waals surface area contributed by atoms with E-state index in [1.807, 2.05) is 0 Å². The quantitative estimate of drug-likeness (QED) is 0.642. The average Bonchev–Trinajstić information content (AvgIpc) is 3.28. The summed E-state index contributed by atoms with van der Waals surface area (Å²) in [5.74, 6) is -1.56. The molecule has 138 valence electrons. The van der Waals surface area contributed by atoms with Crippen LogP contribution in [0.15, 0.2) is 5.10 Å². The molecule has 1 aliphatic carbocycles. The molecule has 3 rings (SSSR count). The minimum absolute atomic E-state index is 0.00905. The molecule has 0 aromatic rings. The fourth-order valence-electron chi connectivity index (χ4n) is 2.80. The highest BCUT2D eigenvalue weighted by molar-refractivity contribution is 7.91. The van der Waals surface area contributed by atoms with Crippen LogP contribution < -0.4 is 5.32 Å². The van der Waals surface area contributed by atoms with Gasteiger partial charge in [0.2, 0.25) is 5.91 Å². The van der Waals surface area contributed by atoms with Gasteiger partial charge in [-0.05, 0) is 26.2 Å². The van der Waals surface area contributed by atoms with Crippen molar-refractivity contribution in [3.05, 3.63) is 0 Å². The number of nitrogens with zero attached hydrogens (tertiary/aromatic N) is 2. The average molecular weight is 371 g/mol. The summed E-state index contributed by atoms with van der Waals surface area (Å²) in [6.45, 7) is 1.48. The summed E-state index contributed by atoms with van der Waals surface area (Å²) in [6, 6.07) is -0.380. The van der Waals surface area contributed by atoms with Gasteiger partial charge in [-0.25, -0.2) is 18.2 Å². The Kier molecular flexibility index (Phi) is 4.81. The van der Waals surface area contributed by atoms with Crippen molar-refractivity contribution >= 4 is 33.3 Å². The van der Waals surface area contributed by atoms with Crippen molar-refractivity contribution in [2.75, 3.05) is 11.5 Å². The number of hydrogen-bond acceptors (Lipinski definition) is 7. The fourth-order valence-corrected chi connectivity index (χ4v) is 4.49. The molecule has 1 N–H and O–H groups in total. The molecular weight excluding hydrogens is 350 g/mol. The minimum Gasteiger partial charge on any atom is -0.448 e. The van der Waals surface area contributed by atoms with Crippen molar-refractivity contribution in [3.8, 4) is 0 Å². The molecule has 1 saturated heterocycles. The van der Waals surface area contributed by atoms with E-state index in [-0.39, 0.29) is 47.9 Å². The predicted molar refractivity (Wildman–Crippen MR) is 87.3 cm³/mol. The first-order valence-corrected chi connectivity index (χ1v) is 10.2. The van der Waals surface area contributed by atoms with E-state index in [2.05, 4.69) is 10.4 Å². The molecule has 2 aliphatic heterocycles. The van der Waals surface area contributed by atoms with Crippen molar-refractivity contribution in [3.63, 3.8) is 0 Å². The van der Waals surface area contributed by atoms with Crippen LogP contribution in [0.4, 0.5) is 0 Å². The number of esters is 1. The first-order chi connectivity index (χ1) is 11.7. The fraction of sp³-hybridized carbons (Fsp3) is 0.733. The number of nitrogens with one attached hydrogen (secondary N) is 1. The zero-order chi connectivity index (χ0) is 18.2. The predicted octanol–water partition coefficient (Wildman–Crippen LogP) is -0.638. The van der Waals surface area contributed by atoms with Gasteiger partial charge in [0.05, 0.1) is 17.5 Å². The number of carbonyl (C=O) groups excluding carboxylic acids is 3. The summed E-state index contributed by atoms with van der Waals surface area (Å²) in [5.41, 5.74) is 0.0370. The molecule has 9 nitrogen and oxygen atoms in total. The van der Waals surface area contributed by atoms with Crippen LogP contribution in [-0.4, -0.2) is 66.6 Å². The number of hydrogen-bond donors (Lipinski definition) is 1. The highest BCUT2D eigenvalue weighted by atomic mass is 32.2. The van der Waals surface area contributed by atoms with Crippen LogP contribution >= 0.6 is 0 Å². The highest BCUT2D eigenvalue weighted by Crippen LogP contribution is 2.22. The van der Waals surface area contributed by atoms with Gasteiger partial charge in [0.15, 0.2) is 15.9 Å². The van der Waals surface area contributed by atoms with Gasteiger partial charge in [-0.3, -0.25) is 9.59 Å². The third-order valence-corrected chi connectivity index (χ3v) is 6.18. The van der Waals surface area contributed by atoms with E-state index in [0.717, 1.165) is 17.9 Å². The van der Waals surface area contributed by atoms with Crippen molar-refractivity contribution in [1.29, 1.82) is 0 Å². The van der Waals surface area contributed by atoms with Crippen LogP contribution in [-0.2, 0) is 29.0 Å².